The molecular weight excluding hydrogens is 349 g/mol. The van der Waals surface area contributed by atoms with Gasteiger partial charge in [-0.15, -0.1) is 0 Å². The number of amides is 1. The van der Waals surface area contributed by atoms with Crippen LogP contribution in [0.5, 0.6) is 0 Å². The van der Waals surface area contributed by atoms with E-state index in [1.54, 1.807) is 11.8 Å². The largest absolute Gasteiger partial charge is 0.467 e. The summed E-state index contributed by atoms with van der Waals surface area (Å²) in [4.78, 5) is 23.7. The van der Waals surface area contributed by atoms with Gasteiger partial charge in [-0.25, -0.2) is 9.18 Å². The number of benzene rings is 1. The molecule has 1 N–H and O–H groups in total. The van der Waals surface area contributed by atoms with E-state index in [0.717, 1.165) is 0 Å². The lowest BCUT2D eigenvalue weighted by Crippen LogP contribution is -2.42. The molecule has 0 saturated carbocycles. The van der Waals surface area contributed by atoms with E-state index in [1.807, 2.05) is 6.26 Å². The number of ether oxygens (including phenoxy) is 1. The third kappa shape index (κ3) is 4.79. The quantitative estimate of drug-likeness (QED) is 0.789. The lowest BCUT2D eigenvalue weighted by atomic mass is 10.1. The maximum atomic E-state index is 13.0. The predicted octanol–water partition coefficient (Wildman–Crippen LogP) is 2.61. The van der Waals surface area contributed by atoms with Crippen LogP contribution in [0.3, 0.4) is 0 Å². The van der Waals surface area contributed by atoms with Crippen molar-refractivity contribution in [3.63, 3.8) is 0 Å². The molecule has 0 fully saturated rings. The van der Waals surface area contributed by atoms with Crippen molar-refractivity contribution in [3.05, 3.63) is 34.1 Å². The van der Waals surface area contributed by atoms with Crippen LogP contribution in [0, 0.1) is 5.82 Å². The fraction of sp³-hybridized carbons (Fsp3) is 0.385. The number of carbonyl (C=O) groups is 2. The normalized spacial score (nSPS) is 11.8. The average Bonchev–Trinajstić information content (AvgIpc) is 2.42. The zero-order valence-corrected chi connectivity index (χ0v) is 13.5. The first-order chi connectivity index (χ1) is 9.49. The highest BCUT2D eigenvalue weighted by Gasteiger charge is 2.22. The summed E-state index contributed by atoms with van der Waals surface area (Å²) < 4.78 is 18.0. The fourth-order valence-corrected chi connectivity index (χ4v) is 2.54. The van der Waals surface area contributed by atoms with Crippen molar-refractivity contribution in [2.45, 2.75) is 12.5 Å². The Kier molecular flexibility index (Phi) is 7.01. The summed E-state index contributed by atoms with van der Waals surface area (Å²) in [6, 6.07) is 3.04. The summed E-state index contributed by atoms with van der Waals surface area (Å²) in [6.07, 6.45) is 2.38. The molecule has 0 saturated heterocycles. The Bertz CT molecular complexity index is 499. The van der Waals surface area contributed by atoms with Crippen molar-refractivity contribution in [2.24, 2.45) is 0 Å². The Morgan fingerprint density at radius 3 is 2.75 bits per heavy atom. The number of nitrogens with one attached hydrogen (secondary N) is 1. The summed E-state index contributed by atoms with van der Waals surface area (Å²) >= 11 is 4.69. The Hall–Kier alpha value is -1.08. The Morgan fingerprint density at radius 1 is 1.50 bits per heavy atom. The SMILES string of the molecule is COC(=O)[C@H](CCSC)NC(=O)c1ccc(F)cc1Br. The molecular formula is C13H15BrFNO3S. The minimum absolute atomic E-state index is 0.268. The van der Waals surface area contributed by atoms with E-state index in [4.69, 9.17) is 0 Å². The molecule has 4 nitrogen and oxygen atoms in total. The van der Waals surface area contributed by atoms with E-state index in [0.29, 0.717) is 16.6 Å². The number of rotatable bonds is 6. The zero-order valence-electron chi connectivity index (χ0n) is 11.1. The van der Waals surface area contributed by atoms with Gasteiger partial charge in [0.2, 0.25) is 0 Å². The lowest BCUT2D eigenvalue weighted by Gasteiger charge is -2.16. The van der Waals surface area contributed by atoms with Gasteiger partial charge >= 0.3 is 5.97 Å². The van der Waals surface area contributed by atoms with Crippen molar-refractivity contribution < 1.29 is 18.7 Å². The van der Waals surface area contributed by atoms with Crippen molar-refractivity contribution in [1.29, 1.82) is 0 Å². The van der Waals surface area contributed by atoms with Gasteiger partial charge in [0, 0.05) is 4.47 Å². The second-order valence-corrected chi connectivity index (χ2v) is 5.79. The van der Waals surface area contributed by atoms with E-state index >= 15 is 0 Å². The second-order valence-electron chi connectivity index (χ2n) is 3.95. The Balaban J connectivity index is 2.81. The number of methoxy groups -OCH3 is 1. The molecule has 0 heterocycles. The molecule has 0 radical (unpaired) electrons. The van der Waals surface area contributed by atoms with Crippen LogP contribution in [0.15, 0.2) is 22.7 Å². The van der Waals surface area contributed by atoms with Crippen LogP contribution < -0.4 is 5.32 Å². The third-order valence-corrected chi connectivity index (χ3v) is 3.88. The Labute approximate surface area is 129 Å². The summed E-state index contributed by atoms with van der Waals surface area (Å²) in [7, 11) is 1.27. The monoisotopic (exact) mass is 363 g/mol. The minimum atomic E-state index is -0.711. The van der Waals surface area contributed by atoms with Crippen molar-refractivity contribution in [2.75, 3.05) is 19.1 Å². The van der Waals surface area contributed by atoms with Gasteiger partial charge in [0.1, 0.15) is 11.9 Å². The maximum Gasteiger partial charge on any atom is 0.328 e. The van der Waals surface area contributed by atoms with Crippen LogP contribution in [-0.4, -0.2) is 37.0 Å². The molecule has 7 heteroatoms. The minimum Gasteiger partial charge on any atom is -0.467 e. The number of thioether (sulfide) groups is 1. The van der Waals surface area contributed by atoms with Gasteiger partial charge in [0.25, 0.3) is 5.91 Å². The molecule has 20 heavy (non-hydrogen) atoms. The van der Waals surface area contributed by atoms with Crippen molar-refractivity contribution in [1.82, 2.24) is 5.32 Å². The van der Waals surface area contributed by atoms with Gasteiger partial charge in [-0.05, 0) is 52.6 Å². The molecule has 0 aliphatic heterocycles. The summed E-state index contributed by atoms with van der Waals surface area (Å²) in [5, 5.41) is 2.60. The number of esters is 1. The summed E-state index contributed by atoms with van der Waals surface area (Å²) in [5.41, 5.74) is 0.268. The first-order valence-electron chi connectivity index (χ1n) is 5.82. The smallest absolute Gasteiger partial charge is 0.328 e. The molecule has 0 aliphatic carbocycles. The molecule has 0 aliphatic rings. The van der Waals surface area contributed by atoms with Gasteiger partial charge in [0.15, 0.2) is 0 Å². The molecule has 110 valence electrons. The predicted molar refractivity (Wildman–Crippen MR) is 80.4 cm³/mol. The van der Waals surface area contributed by atoms with Gasteiger partial charge < -0.3 is 10.1 Å². The highest BCUT2D eigenvalue weighted by Crippen LogP contribution is 2.18. The molecule has 1 aromatic rings. The van der Waals surface area contributed by atoms with Crippen molar-refractivity contribution >= 4 is 39.6 Å². The van der Waals surface area contributed by atoms with Gasteiger partial charge in [-0.1, -0.05) is 0 Å². The Morgan fingerprint density at radius 2 is 2.20 bits per heavy atom. The molecule has 0 aromatic heterocycles. The fourth-order valence-electron chi connectivity index (χ4n) is 1.54. The highest BCUT2D eigenvalue weighted by molar-refractivity contribution is 9.10. The number of hydrogen-bond donors (Lipinski definition) is 1. The molecule has 0 bridgehead atoms. The van der Waals surface area contributed by atoms with Gasteiger partial charge in [-0.3, -0.25) is 4.79 Å². The number of carbonyl (C=O) groups excluding carboxylic acids is 2. The van der Waals surface area contributed by atoms with Crippen molar-refractivity contribution in [3.8, 4) is 0 Å². The van der Waals surface area contributed by atoms with Gasteiger partial charge in [0.05, 0.1) is 12.7 Å². The topological polar surface area (TPSA) is 55.4 Å². The van der Waals surface area contributed by atoms with E-state index in [1.165, 1.54) is 25.3 Å². The van der Waals surface area contributed by atoms with Crippen LogP contribution in [0.2, 0.25) is 0 Å². The molecule has 1 amide bonds. The van der Waals surface area contributed by atoms with E-state index in [9.17, 15) is 14.0 Å². The van der Waals surface area contributed by atoms with E-state index in [2.05, 4.69) is 26.0 Å². The first kappa shape index (κ1) is 17.0. The van der Waals surface area contributed by atoms with E-state index in [-0.39, 0.29) is 5.56 Å². The maximum absolute atomic E-state index is 13.0. The molecule has 1 aromatic carbocycles. The number of halogens is 2. The second kappa shape index (κ2) is 8.26. The first-order valence-corrected chi connectivity index (χ1v) is 8.01. The molecule has 0 spiro atoms. The van der Waals surface area contributed by atoms with Gasteiger partial charge in [-0.2, -0.15) is 11.8 Å². The molecule has 1 rings (SSSR count). The average molecular weight is 364 g/mol. The summed E-state index contributed by atoms with van der Waals surface area (Å²) in [6.45, 7) is 0. The lowest BCUT2D eigenvalue weighted by molar-refractivity contribution is -0.142. The summed E-state index contributed by atoms with van der Waals surface area (Å²) in [5.74, 6) is -0.677. The van der Waals surface area contributed by atoms with E-state index < -0.39 is 23.7 Å². The third-order valence-electron chi connectivity index (χ3n) is 2.58. The number of hydrogen-bond acceptors (Lipinski definition) is 4. The van der Waals surface area contributed by atoms with Crippen LogP contribution in [0.1, 0.15) is 16.8 Å². The van der Waals surface area contributed by atoms with Crippen LogP contribution >= 0.6 is 27.7 Å². The van der Waals surface area contributed by atoms with Crippen LogP contribution in [-0.2, 0) is 9.53 Å². The molecule has 1 atom stereocenters. The highest BCUT2D eigenvalue weighted by atomic mass is 79.9. The standard InChI is InChI=1S/C13H15BrFNO3S/c1-19-13(18)11(5-6-20-2)16-12(17)9-4-3-8(15)7-10(9)14/h3-4,7,11H,5-6H2,1-2H3,(H,16,17)/t11-/m0/s1. The van der Waals surface area contributed by atoms with Crippen LogP contribution in [0.25, 0.3) is 0 Å². The van der Waals surface area contributed by atoms with Crippen LogP contribution in [0.4, 0.5) is 4.39 Å². The molecule has 0 unspecified atom stereocenters. The zero-order chi connectivity index (χ0) is 15.1.